The maximum absolute atomic E-state index is 13.4. The minimum absolute atomic E-state index is 0.201. The highest BCUT2D eigenvalue weighted by molar-refractivity contribution is 5.91. The van der Waals surface area contributed by atoms with Crippen molar-refractivity contribution in [3.8, 4) is 5.69 Å². The highest BCUT2D eigenvalue weighted by Gasteiger charge is 2.16. The van der Waals surface area contributed by atoms with E-state index in [0.29, 0.717) is 34.5 Å². The molecule has 0 saturated heterocycles. The van der Waals surface area contributed by atoms with Gasteiger partial charge in [0.15, 0.2) is 5.65 Å². The number of para-hydroxylation sites is 1. The van der Waals surface area contributed by atoms with Crippen LogP contribution in [-0.4, -0.2) is 25.6 Å². The average molecular weight is 378 g/mol. The third-order valence-corrected chi connectivity index (χ3v) is 4.66. The lowest BCUT2D eigenvalue weighted by molar-refractivity contribution is -0.124. The van der Waals surface area contributed by atoms with E-state index >= 15 is 0 Å². The van der Waals surface area contributed by atoms with E-state index in [9.17, 15) is 9.59 Å². The van der Waals surface area contributed by atoms with Gasteiger partial charge in [0.2, 0.25) is 0 Å². The van der Waals surface area contributed by atoms with Crippen LogP contribution >= 0.6 is 0 Å². The minimum atomic E-state index is -0.660. The van der Waals surface area contributed by atoms with Gasteiger partial charge in [0.1, 0.15) is 5.82 Å². The summed E-state index contributed by atoms with van der Waals surface area (Å²) in [5.74, 6) is -0.0170. The fraction of sp³-hybridized carbons (Fsp3) is 0.238. The highest BCUT2D eigenvalue weighted by atomic mass is 16.5. The number of hydrogen-bond donors (Lipinski definition) is 2. The molecule has 144 valence electrons. The van der Waals surface area contributed by atoms with Crippen LogP contribution in [0.4, 0.5) is 0 Å². The van der Waals surface area contributed by atoms with Crippen molar-refractivity contribution in [1.82, 2.24) is 20.0 Å². The molecule has 0 bridgehead atoms. The number of nitrogens with zero attached hydrogens (tertiary/aromatic N) is 3. The molecule has 3 aromatic rings. The summed E-state index contributed by atoms with van der Waals surface area (Å²) in [7, 11) is 0. The van der Waals surface area contributed by atoms with E-state index in [1.54, 1.807) is 17.6 Å². The first-order valence-corrected chi connectivity index (χ1v) is 8.99. The summed E-state index contributed by atoms with van der Waals surface area (Å²) in [4.78, 5) is 33.8. The van der Waals surface area contributed by atoms with Crippen LogP contribution in [0.2, 0.25) is 0 Å². The summed E-state index contributed by atoms with van der Waals surface area (Å²) < 4.78 is 1.65. The zero-order chi connectivity index (χ0) is 20.4. The van der Waals surface area contributed by atoms with Gasteiger partial charge in [-0.25, -0.2) is 15.4 Å². The van der Waals surface area contributed by atoms with Gasteiger partial charge in [-0.05, 0) is 49.6 Å². The van der Waals surface area contributed by atoms with Crippen LogP contribution in [0.5, 0.6) is 0 Å². The van der Waals surface area contributed by atoms with E-state index in [0.717, 1.165) is 16.8 Å². The molecule has 0 saturated carbocycles. The van der Waals surface area contributed by atoms with Crippen molar-refractivity contribution in [3.63, 3.8) is 0 Å². The van der Waals surface area contributed by atoms with E-state index in [4.69, 9.17) is 5.21 Å². The van der Waals surface area contributed by atoms with Crippen molar-refractivity contribution in [2.24, 2.45) is 0 Å². The fourth-order valence-electron chi connectivity index (χ4n) is 3.26. The predicted octanol–water partition coefficient (Wildman–Crippen LogP) is 2.79. The number of carbonyl (C=O) groups is 1. The van der Waals surface area contributed by atoms with E-state index in [1.807, 2.05) is 39.0 Å². The SMILES string of the molecule is CCc1nc2nc(C)c(/C=C/C(=O)NO)cc2c(=O)n1-c1c(C)cccc1C. The maximum Gasteiger partial charge on any atom is 0.267 e. The van der Waals surface area contributed by atoms with Crippen LogP contribution < -0.4 is 11.0 Å². The fourth-order valence-corrected chi connectivity index (χ4v) is 3.26. The zero-order valence-corrected chi connectivity index (χ0v) is 16.3. The third kappa shape index (κ3) is 3.44. The Kier molecular flexibility index (Phi) is 5.37. The molecular weight excluding hydrogens is 356 g/mol. The molecule has 3 rings (SSSR count). The molecule has 0 unspecified atom stereocenters. The number of rotatable bonds is 4. The van der Waals surface area contributed by atoms with Gasteiger partial charge in [-0.2, -0.15) is 0 Å². The van der Waals surface area contributed by atoms with E-state index < -0.39 is 5.91 Å². The highest BCUT2D eigenvalue weighted by Crippen LogP contribution is 2.21. The number of aromatic nitrogens is 3. The summed E-state index contributed by atoms with van der Waals surface area (Å²) in [6.45, 7) is 7.66. The topological polar surface area (TPSA) is 97.1 Å². The molecule has 7 heteroatoms. The number of nitrogens with one attached hydrogen (secondary N) is 1. The Bertz CT molecular complexity index is 1140. The summed E-state index contributed by atoms with van der Waals surface area (Å²) in [6.07, 6.45) is 3.26. The number of aryl methyl sites for hydroxylation is 4. The Morgan fingerprint density at radius 2 is 1.89 bits per heavy atom. The predicted molar refractivity (Wildman–Crippen MR) is 108 cm³/mol. The minimum Gasteiger partial charge on any atom is -0.288 e. The van der Waals surface area contributed by atoms with Crippen LogP contribution in [0.1, 0.15) is 35.1 Å². The monoisotopic (exact) mass is 378 g/mol. The summed E-state index contributed by atoms with van der Waals surface area (Å²) in [6, 6.07) is 7.57. The second-order valence-electron chi connectivity index (χ2n) is 6.61. The van der Waals surface area contributed by atoms with Gasteiger partial charge in [-0.3, -0.25) is 19.4 Å². The molecule has 0 atom stereocenters. The number of fused-ring (bicyclic) bond motifs is 1. The van der Waals surface area contributed by atoms with Crippen LogP contribution in [0.25, 0.3) is 22.8 Å². The normalized spacial score (nSPS) is 11.3. The second-order valence-corrected chi connectivity index (χ2v) is 6.61. The quantitative estimate of drug-likeness (QED) is 0.413. The van der Waals surface area contributed by atoms with Gasteiger partial charge in [-0.15, -0.1) is 0 Å². The smallest absolute Gasteiger partial charge is 0.267 e. The number of benzene rings is 1. The molecule has 2 heterocycles. The molecule has 0 aliphatic heterocycles. The molecule has 1 amide bonds. The van der Waals surface area contributed by atoms with Crippen molar-refractivity contribution >= 4 is 23.0 Å². The molecule has 7 nitrogen and oxygen atoms in total. The zero-order valence-electron chi connectivity index (χ0n) is 16.3. The summed E-state index contributed by atoms with van der Waals surface area (Å²) >= 11 is 0. The molecule has 0 aliphatic rings. The Morgan fingerprint density at radius 3 is 2.50 bits per heavy atom. The van der Waals surface area contributed by atoms with Crippen LogP contribution in [-0.2, 0) is 11.2 Å². The third-order valence-electron chi connectivity index (χ3n) is 4.66. The Morgan fingerprint density at radius 1 is 1.21 bits per heavy atom. The molecule has 0 spiro atoms. The lowest BCUT2D eigenvalue weighted by Crippen LogP contribution is -2.25. The first-order valence-electron chi connectivity index (χ1n) is 8.99. The van der Waals surface area contributed by atoms with E-state index in [2.05, 4.69) is 9.97 Å². The molecule has 1 aromatic carbocycles. The number of amides is 1. The lowest BCUT2D eigenvalue weighted by Gasteiger charge is -2.17. The molecule has 0 aliphatic carbocycles. The standard InChI is InChI=1S/C21H22N4O3/c1-5-17-23-20-16(11-15(14(4)22-20)9-10-18(26)24-28)21(27)25(17)19-12(2)7-6-8-13(19)3/h6-11,28H,5H2,1-4H3,(H,24,26)/b10-9+. The number of carbonyl (C=O) groups excluding carboxylic acids is 1. The number of hydrogen-bond acceptors (Lipinski definition) is 5. The molecule has 28 heavy (non-hydrogen) atoms. The van der Waals surface area contributed by atoms with Crippen LogP contribution in [0.15, 0.2) is 35.1 Å². The molecule has 2 N–H and O–H groups in total. The van der Waals surface area contributed by atoms with Crippen molar-refractivity contribution in [2.45, 2.75) is 34.1 Å². The summed E-state index contributed by atoms with van der Waals surface area (Å²) in [5, 5.41) is 9.01. The summed E-state index contributed by atoms with van der Waals surface area (Å²) in [5.41, 5.74) is 5.75. The maximum atomic E-state index is 13.4. The van der Waals surface area contributed by atoms with Gasteiger partial charge < -0.3 is 0 Å². The molecular formula is C21H22N4O3. The van der Waals surface area contributed by atoms with Crippen molar-refractivity contribution < 1.29 is 10.0 Å². The Balaban J connectivity index is 2.33. The first kappa shape index (κ1) is 19.4. The number of pyridine rings is 1. The van der Waals surface area contributed by atoms with Gasteiger partial charge in [0.25, 0.3) is 11.5 Å². The molecule has 0 fully saturated rings. The Labute approximate surface area is 162 Å². The van der Waals surface area contributed by atoms with Crippen LogP contribution in [0, 0.1) is 20.8 Å². The average Bonchev–Trinajstić information content (AvgIpc) is 2.67. The first-order chi connectivity index (χ1) is 13.4. The lowest BCUT2D eigenvalue weighted by atomic mass is 10.1. The van der Waals surface area contributed by atoms with Gasteiger partial charge in [0.05, 0.1) is 11.1 Å². The second kappa shape index (κ2) is 7.74. The number of hydroxylamine groups is 1. The largest absolute Gasteiger partial charge is 0.288 e. The van der Waals surface area contributed by atoms with Crippen molar-refractivity contribution in [3.05, 3.63) is 68.9 Å². The van der Waals surface area contributed by atoms with Crippen molar-refractivity contribution in [1.29, 1.82) is 0 Å². The molecule has 0 radical (unpaired) electrons. The van der Waals surface area contributed by atoms with Gasteiger partial charge >= 0.3 is 0 Å². The van der Waals surface area contributed by atoms with Gasteiger partial charge in [-0.1, -0.05) is 25.1 Å². The Hall–Kier alpha value is -3.32. The molecule has 2 aromatic heterocycles. The van der Waals surface area contributed by atoms with E-state index in [-0.39, 0.29) is 5.56 Å². The van der Waals surface area contributed by atoms with Crippen LogP contribution in [0.3, 0.4) is 0 Å². The van der Waals surface area contributed by atoms with Gasteiger partial charge in [0, 0.05) is 18.2 Å². The van der Waals surface area contributed by atoms with E-state index in [1.165, 1.54) is 17.6 Å². The van der Waals surface area contributed by atoms with Crippen molar-refractivity contribution in [2.75, 3.05) is 0 Å².